The first-order chi connectivity index (χ1) is 16.8. The fraction of sp³-hybridized carbons (Fsp3) is 0.440. The van der Waals surface area contributed by atoms with Gasteiger partial charge in [0.05, 0.1) is 22.2 Å². The van der Waals surface area contributed by atoms with Crippen molar-refractivity contribution in [3.05, 3.63) is 48.0 Å². The van der Waals surface area contributed by atoms with Crippen molar-refractivity contribution in [3.63, 3.8) is 0 Å². The van der Waals surface area contributed by atoms with Crippen LogP contribution in [-0.2, 0) is 10.0 Å². The first-order valence-electron chi connectivity index (χ1n) is 11.8. The largest absolute Gasteiger partial charge is 0.497 e. The standard InChI is InChI=1S/C25H32N4O4S2.ClH/c1-27(2)16-17-29(25-26-22-13-10-20(33-3)18-23(22)34-25)24(30)19-8-11-21(12-9-19)35(31,32)28-14-6-4-5-7-15-28;/h8-13,18H,4-7,14-17H2,1-3H3;1H. The molecular formula is C25H33ClN4O4S2. The van der Waals surface area contributed by atoms with Gasteiger partial charge in [-0.05, 0) is 69.4 Å². The number of methoxy groups -OCH3 is 1. The van der Waals surface area contributed by atoms with Crippen LogP contribution in [0.15, 0.2) is 47.4 Å². The molecule has 0 saturated carbocycles. The molecule has 4 rings (SSSR count). The van der Waals surface area contributed by atoms with Crippen molar-refractivity contribution >= 4 is 55.0 Å². The zero-order chi connectivity index (χ0) is 25.0. The molecule has 11 heteroatoms. The molecule has 1 aliphatic heterocycles. The van der Waals surface area contributed by atoms with Gasteiger partial charge in [-0.25, -0.2) is 13.4 Å². The van der Waals surface area contributed by atoms with Gasteiger partial charge in [-0.1, -0.05) is 24.2 Å². The van der Waals surface area contributed by atoms with Gasteiger partial charge in [0, 0.05) is 31.7 Å². The maximum absolute atomic E-state index is 13.6. The van der Waals surface area contributed by atoms with E-state index in [1.54, 1.807) is 40.6 Å². The number of ether oxygens (including phenoxy) is 1. The monoisotopic (exact) mass is 552 g/mol. The zero-order valence-electron chi connectivity index (χ0n) is 20.8. The fourth-order valence-corrected chi connectivity index (χ4v) is 6.61. The Morgan fingerprint density at radius 3 is 2.31 bits per heavy atom. The molecule has 8 nitrogen and oxygen atoms in total. The van der Waals surface area contributed by atoms with E-state index in [1.165, 1.54) is 11.3 Å². The average molecular weight is 553 g/mol. The van der Waals surface area contributed by atoms with E-state index in [0.29, 0.717) is 36.9 Å². The van der Waals surface area contributed by atoms with Crippen LogP contribution in [0.5, 0.6) is 5.75 Å². The fourth-order valence-electron chi connectivity index (χ4n) is 4.08. The highest BCUT2D eigenvalue weighted by atomic mass is 35.5. The Labute approximate surface area is 223 Å². The van der Waals surface area contributed by atoms with E-state index in [0.717, 1.165) is 41.6 Å². The number of likely N-dealkylation sites (N-methyl/N-ethyl adjacent to an activating group) is 1. The second kappa shape index (κ2) is 12.3. The molecule has 1 saturated heterocycles. The van der Waals surface area contributed by atoms with Gasteiger partial charge in [0.1, 0.15) is 5.75 Å². The zero-order valence-corrected chi connectivity index (χ0v) is 23.3. The molecule has 1 amide bonds. The SMILES string of the molecule is COc1ccc2nc(N(CCN(C)C)C(=O)c3ccc(S(=O)(=O)N4CCCCCC4)cc3)sc2c1.Cl. The van der Waals surface area contributed by atoms with Crippen molar-refractivity contribution in [2.45, 2.75) is 30.6 Å². The Balaban J connectivity index is 0.00000361. The first kappa shape index (κ1) is 28.3. The number of thiazole rings is 1. The highest BCUT2D eigenvalue weighted by molar-refractivity contribution is 7.89. The molecule has 36 heavy (non-hydrogen) atoms. The lowest BCUT2D eigenvalue weighted by molar-refractivity contribution is 0.0985. The number of amides is 1. The van der Waals surface area contributed by atoms with E-state index in [2.05, 4.69) is 4.98 Å². The van der Waals surface area contributed by atoms with Crippen molar-refractivity contribution in [1.82, 2.24) is 14.2 Å². The summed E-state index contributed by atoms with van der Waals surface area (Å²) in [5.41, 5.74) is 1.22. The van der Waals surface area contributed by atoms with E-state index in [4.69, 9.17) is 4.74 Å². The minimum absolute atomic E-state index is 0. The molecule has 196 valence electrons. The van der Waals surface area contributed by atoms with Crippen LogP contribution in [0.1, 0.15) is 36.0 Å². The molecule has 1 aliphatic rings. The van der Waals surface area contributed by atoms with Gasteiger partial charge in [-0.2, -0.15) is 4.31 Å². The summed E-state index contributed by atoms with van der Waals surface area (Å²) in [5.74, 6) is 0.525. The van der Waals surface area contributed by atoms with Crippen LogP contribution in [0.3, 0.4) is 0 Å². The lowest BCUT2D eigenvalue weighted by atomic mass is 10.2. The predicted octanol–water partition coefficient (Wildman–Crippen LogP) is 4.50. The second-order valence-corrected chi connectivity index (χ2v) is 11.9. The predicted molar refractivity (Wildman–Crippen MR) is 147 cm³/mol. The van der Waals surface area contributed by atoms with Gasteiger partial charge in [0.15, 0.2) is 5.13 Å². The average Bonchev–Trinajstić information content (AvgIpc) is 3.06. The van der Waals surface area contributed by atoms with Crippen molar-refractivity contribution in [2.24, 2.45) is 0 Å². The summed E-state index contributed by atoms with van der Waals surface area (Å²) in [4.78, 5) is 22.1. The highest BCUT2D eigenvalue weighted by Crippen LogP contribution is 2.32. The number of aromatic nitrogens is 1. The van der Waals surface area contributed by atoms with Crippen LogP contribution in [0.2, 0.25) is 0 Å². The first-order valence-corrected chi connectivity index (χ1v) is 14.1. The summed E-state index contributed by atoms with van der Waals surface area (Å²) in [6.07, 6.45) is 3.87. The van der Waals surface area contributed by atoms with Crippen LogP contribution in [0.4, 0.5) is 5.13 Å². The topological polar surface area (TPSA) is 83.0 Å². The van der Waals surface area contributed by atoms with E-state index < -0.39 is 10.0 Å². The number of rotatable bonds is 8. The number of hydrogen-bond acceptors (Lipinski definition) is 7. The lowest BCUT2D eigenvalue weighted by Gasteiger charge is -2.22. The van der Waals surface area contributed by atoms with E-state index in [-0.39, 0.29) is 23.2 Å². The Morgan fingerprint density at radius 2 is 1.69 bits per heavy atom. The number of benzene rings is 2. The van der Waals surface area contributed by atoms with Gasteiger partial charge in [-0.15, -0.1) is 12.4 Å². The number of hydrogen-bond donors (Lipinski definition) is 0. The number of carbonyl (C=O) groups excluding carboxylic acids is 1. The Kier molecular flexibility index (Phi) is 9.71. The van der Waals surface area contributed by atoms with E-state index in [1.807, 2.05) is 37.2 Å². The number of carbonyl (C=O) groups is 1. The summed E-state index contributed by atoms with van der Waals surface area (Å²) in [6, 6.07) is 11.9. The van der Waals surface area contributed by atoms with Crippen LogP contribution >= 0.6 is 23.7 Å². The summed E-state index contributed by atoms with van der Waals surface area (Å²) in [7, 11) is 1.96. The maximum Gasteiger partial charge on any atom is 0.260 e. The van der Waals surface area contributed by atoms with Crippen LogP contribution in [-0.4, -0.2) is 75.9 Å². The normalized spacial score (nSPS) is 14.9. The van der Waals surface area contributed by atoms with Gasteiger partial charge in [-0.3, -0.25) is 9.69 Å². The molecule has 2 heterocycles. The molecule has 1 aromatic heterocycles. The Bertz CT molecular complexity index is 1270. The summed E-state index contributed by atoms with van der Waals surface area (Å²) in [5, 5.41) is 0.598. The number of anilines is 1. The number of sulfonamides is 1. The summed E-state index contributed by atoms with van der Waals surface area (Å²) in [6.45, 7) is 2.20. The molecule has 3 aromatic rings. The van der Waals surface area contributed by atoms with Gasteiger partial charge in [0.25, 0.3) is 5.91 Å². The van der Waals surface area contributed by atoms with Crippen LogP contribution < -0.4 is 9.64 Å². The molecule has 0 unspecified atom stereocenters. The molecule has 0 atom stereocenters. The van der Waals surface area contributed by atoms with Gasteiger partial charge < -0.3 is 9.64 Å². The Hall–Kier alpha value is -2.24. The van der Waals surface area contributed by atoms with Crippen molar-refractivity contribution < 1.29 is 17.9 Å². The third kappa shape index (κ3) is 6.36. The third-order valence-corrected chi connectivity index (χ3v) is 9.09. The number of halogens is 1. The van der Waals surface area contributed by atoms with Crippen LogP contribution in [0, 0.1) is 0 Å². The molecule has 0 bridgehead atoms. The minimum Gasteiger partial charge on any atom is -0.497 e. The molecule has 0 spiro atoms. The minimum atomic E-state index is -3.57. The van der Waals surface area contributed by atoms with Crippen molar-refractivity contribution in [1.29, 1.82) is 0 Å². The smallest absolute Gasteiger partial charge is 0.260 e. The lowest BCUT2D eigenvalue weighted by Crippen LogP contribution is -2.36. The second-order valence-electron chi connectivity index (χ2n) is 8.93. The highest BCUT2D eigenvalue weighted by Gasteiger charge is 2.26. The van der Waals surface area contributed by atoms with Crippen molar-refractivity contribution in [2.75, 3.05) is 52.3 Å². The molecule has 1 fully saturated rings. The quantitative estimate of drug-likeness (QED) is 0.409. The molecule has 0 N–H and O–H groups in total. The Morgan fingerprint density at radius 1 is 1.03 bits per heavy atom. The molecule has 2 aromatic carbocycles. The molecular weight excluding hydrogens is 520 g/mol. The maximum atomic E-state index is 13.6. The van der Waals surface area contributed by atoms with E-state index in [9.17, 15) is 13.2 Å². The summed E-state index contributed by atoms with van der Waals surface area (Å²) >= 11 is 1.43. The number of nitrogens with zero attached hydrogens (tertiary/aromatic N) is 4. The summed E-state index contributed by atoms with van der Waals surface area (Å²) < 4.78 is 34.0. The van der Waals surface area contributed by atoms with Gasteiger partial charge in [0.2, 0.25) is 10.0 Å². The third-order valence-electron chi connectivity index (χ3n) is 6.14. The van der Waals surface area contributed by atoms with Gasteiger partial charge >= 0.3 is 0 Å². The molecule has 0 aliphatic carbocycles. The number of fused-ring (bicyclic) bond motifs is 1. The van der Waals surface area contributed by atoms with Crippen molar-refractivity contribution in [3.8, 4) is 5.75 Å². The van der Waals surface area contributed by atoms with Crippen LogP contribution in [0.25, 0.3) is 10.2 Å². The van der Waals surface area contributed by atoms with E-state index >= 15 is 0 Å². The molecule has 0 radical (unpaired) electrons.